The number of aromatic hydroxyl groups is 1. The van der Waals surface area contributed by atoms with Crippen molar-refractivity contribution in [3.8, 4) is 34.3 Å². The van der Waals surface area contributed by atoms with Gasteiger partial charge < -0.3 is 28.2 Å². The van der Waals surface area contributed by atoms with Crippen LogP contribution in [-0.4, -0.2) is 25.9 Å². The lowest BCUT2D eigenvalue weighted by molar-refractivity contribution is 0.265. The molecule has 0 fully saturated rings. The summed E-state index contributed by atoms with van der Waals surface area (Å²) in [4.78, 5) is 24.2. The molecule has 0 saturated heterocycles. The summed E-state index contributed by atoms with van der Waals surface area (Å²) in [6.07, 6.45) is 1.65. The molecule has 1 atom stereocenters. The molecule has 3 heterocycles. The minimum Gasteiger partial charge on any atom is -0.507 e. The maximum Gasteiger partial charge on any atom is 0.196 e. The number of hydrogen-bond acceptors (Lipinski definition) is 8. The molecule has 1 aliphatic heterocycles. The molecule has 8 heteroatoms. The number of methoxy groups -OCH3 is 2. The van der Waals surface area contributed by atoms with Gasteiger partial charge in [0.05, 0.1) is 26.2 Å². The van der Waals surface area contributed by atoms with Crippen molar-refractivity contribution < 1.29 is 28.2 Å². The summed E-state index contributed by atoms with van der Waals surface area (Å²) in [6.45, 7) is 4.44. The fraction of sp³-hybridized carbons (Fsp3) is 0.250. The van der Waals surface area contributed by atoms with Crippen LogP contribution in [0, 0.1) is 12.8 Å². The molecule has 0 amide bonds. The molecule has 1 unspecified atom stereocenters. The Hall–Kier alpha value is -4.72. The zero-order chi connectivity index (χ0) is 28.4. The predicted octanol–water partition coefficient (Wildman–Crippen LogP) is 6.25. The van der Waals surface area contributed by atoms with Crippen molar-refractivity contribution in [1.29, 1.82) is 0 Å². The van der Waals surface area contributed by atoms with Crippen LogP contribution in [0.2, 0.25) is 0 Å². The normalized spacial score (nSPS) is 14.4. The van der Waals surface area contributed by atoms with Gasteiger partial charge in [-0.25, -0.2) is 0 Å². The molecule has 0 aliphatic carbocycles. The Morgan fingerprint density at radius 3 is 2.42 bits per heavy atom. The first-order chi connectivity index (χ1) is 19.3. The Balaban J connectivity index is 0.000000162. The molecule has 0 radical (unpaired) electrons. The van der Waals surface area contributed by atoms with Crippen LogP contribution >= 0.6 is 0 Å². The molecule has 1 N–H and O–H groups in total. The standard InChI is InChI=1S/C17H14O4.C15H16O4/c1-19-12-5-3-4-11(8-12)16-10-15(18)14-7-6-13(20-2)9-17(14)21-16;1-8-3-4-10-12(18-7-8)6-13-14(15(10)17)11(16)5-9(2)19-13/h3-10H,1-2H3;5-6,8,17H,3-4,7H2,1-2H3. The van der Waals surface area contributed by atoms with Crippen LogP contribution in [0.4, 0.5) is 0 Å². The number of ether oxygens (including phenoxy) is 3. The predicted molar refractivity (Wildman–Crippen MR) is 153 cm³/mol. The molecular weight excluding hydrogens is 512 g/mol. The SMILES string of the molecule is COc1cccc(-c2cc(=O)c3ccc(OC)cc3o2)c1.Cc1cc(=O)c2c(O)c3c(cc2o1)OCC(C)CC3. The Labute approximate surface area is 230 Å². The van der Waals surface area contributed by atoms with Crippen molar-refractivity contribution in [3.63, 3.8) is 0 Å². The van der Waals surface area contributed by atoms with Crippen molar-refractivity contribution in [3.05, 3.63) is 92.4 Å². The van der Waals surface area contributed by atoms with Crippen molar-refractivity contribution >= 4 is 21.9 Å². The van der Waals surface area contributed by atoms with Crippen molar-refractivity contribution in [1.82, 2.24) is 0 Å². The molecule has 8 nitrogen and oxygen atoms in total. The quantitative estimate of drug-likeness (QED) is 0.285. The molecule has 3 aromatic carbocycles. The number of fused-ring (bicyclic) bond motifs is 3. The lowest BCUT2D eigenvalue weighted by atomic mass is 10.00. The van der Waals surface area contributed by atoms with E-state index in [2.05, 4.69) is 6.92 Å². The second kappa shape index (κ2) is 11.2. The molecule has 206 valence electrons. The van der Waals surface area contributed by atoms with Crippen LogP contribution in [0.25, 0.3) is 33.3 Å². The molecule has 6 rings (SSSR count). The van der Waals surface area contributed by atoms with E-state index in [0.717, 1.165) is 12.0 Å². The van der Waals surface area contributed by atoms with Gasteiger partial charge in [-0.15, -0.1) is 0 Å². The van der Waals surface area contributed by atoms with Crippen LogP contribution < -0.4 is 25.1 Å². The summed E-state index contributed by atoms with van der Waals surface area (Å²) in [6, 6.07) is 17.1. The molecule has 1 aliphatic rings. The minimum atomic E-state index is -0.212. The number of rotatable bonds is 3. The fourth-order valence-corrected chi connectivity index (χ4v) is 4.70. The zero-order valence-corrected chi connectivity index (χ0v) is 22.8. The van der Waals surface area contributed by atoms with Gasteiger partial charge in [0, 0.05) is 35.4 Å². The summed E-state index contributed by atoms with van der Waals surface area (Å²) in [7, 11) is 3.17. The lowest BCUT2D eigenvalue weighted by Gasteiger charge is -2.11. The maximum absolute atomic E-state index is 12.2. The summed E-state index contributed by atoms with van der Waals surface area (Å²) >= 11 is 0. The summed E-state index contributed by atoms with van der Waals surface area (Å²) in [5.74, 6) is 3.45. The Kier molecular flexibility index (Phi) is 7.51. The van der Waals surface area contributed by atoms with E-state index in [4.69, 9.17) is 23.0 Å². The Morgan fingerprint density at radius 1 is 0.875 bits per heavy atom. The Morgan fingerprint density at radius 2 is 1.65 bits per heavy atom. The van der Waals surface area contributed by atoms with E-state index in [0.29, 0.717) is 69.8 Å². The van der Waals surface area contributed by atoms with Crippen molar-refractivity contribution in [2.45, 2.75) is 26.7 Å². The van der Waals surface area contributed by atoms with Gasteiger partial charge in [-0.1, -0.05) is 19.1 Å². The highest BCUT2D eigenvalue weighted by molar-refractivity contribution is 5.87. The van der Waals surface area contributed by atoms with Gasteiger partial charge in [0.2, 0.25) is 0 Å². The van der Waals surface area contributed by atoms with Crippen LogP contribution in [0.1, 0.15) is 24.7 Å². The summed E-state index contributed by atoms with van der Waals surface area (Å²) in [5, 5.41) is 11.1. The van der Waals surface area contributed by atoms with Gasteiger partial charge in [0.15, 0.2) is 10.9 Å². The summed E-state index contributed by atoms with van der Waals surface area (Å²) < 4.78 is 27.4. The minimum absolute atomic E-state index is 0.00958. The van der Waals surface area contributed by atoms with Gasteiger partial charge in [-0.2, -0.15) is 0 Å². The molecular formula is C32H30O8. The van der Waals surface area contributed by atoms with Crippen LogP contribution in [0.5, 0.6) is 23.0 Å². The third kappa shape index (κ3) is 5.38. The lowest BCUT2D eigenvalue weighted by Crippen LogP contribution is -2.05. The van der Waals surface area contributed by atoms with E-state index in [1.165, 1.54) is 12.1 Å². The van der Waals surface area contributed by atoms with Gasteiger partial charge >= 0.3 is 0 Å². The number of hydrogen-bond donors (Lipinski definition) is 1. The first-order valence-electron chi connectivity index (χ1n) is 13.0. The van der Waals surface area contributed by atoms with E-state index >= 15 is 0 Å². The fourth-order valence-electron chi connectivity index (χ4n) is 4.70. The monoisotopic (exact) mass is 542 g/mol. The topological polar surface area (TPSA) is 108 Å². The van der Waals surface area contributed by atoms with Gasteiger partial charge in [0.1, 0.15) is 51.1 Å². The second-order valence-electron chi connectivity index (χ2n) is 9.82. The van der Waals surface area contributed by atoms with Crippen LogP contribution in [0.15, 0.2) is 79.1 Å². The highest BCUT2D eigenvalue weighted by atomic mass is 16.5. The molecule has 0 spiro atoms. The number of phenolic OH excluding ortho intramolecular Hbond substituents is 1. The van der Waals surface area contributed by atoms with E-state index < -0.39 is 0 Å². The number of aryl methyl sites for hydroxylation is 1. The van der Waals surface area contributed by atoms with Crippen molar-refractivity contribution in [2.24, 2.45) is 5.92 Å². The van der Waals surface area contributed by atoms with Crippen molar-refractivity contribution in [2.75, 3.05) is 20.8 Å². The molecule has 0 saturated carbocycles. The summed E-state index contributed by atoms with van der Waals surface area (Å²) in [5.41, 5.74) is 2.09. The molecule has 40 heavy (non-hydrogen) atoms. The maximum atomic E-state index is 12.2. The van der Waals surface area contributed by atoms with Gasteiger partial charge in [-0.05, 0) is 49.9 Å². The average Bonchev–Trinajstić information content (AvgIpc) is 3.14. The molecule has 0 bridgehead atoms. The van der Waals surface area contributed by atoms with E-state index in [-0.39, 0.29) is 22.0 Å². The van der Waals surface area contributed by atoms with Crippen LogP contribution in [-0.2, 0) is 6.42 Å². The molecule has 5 aromatic rings. The smallest absolute Gasteiger partial charge is 0.196 e. The first-order valence-corrected chi connectivity index (χ1v) is 13.0. The van der Waals surface area contributed by atoms with Gasteiger partial charge in [0.25, 0.3) is 0 Å². The molecule has 2 aromatic heterocycles. The zero-order valence-electron chi connectivity index (χ0n) is 22.8. The van der Waals surface area contributed by atoms with E-state index in [1.54, 1.807) is 45.4 Å². The first kappa shape index (κ1) is 26.9. The number of benzene rings is 3. The van der Waals surface area contributed by atoms with E-state index in [9.17, 15) is 14.7 Å². The highest BCUT2D eigenvalue weighted by Gasteiger charge is 2.21. The second-order valence-corrected chi connectivity index (χ2v) is 9.82. The Bertz CT molecular complexity index is 1810. The van der Waals surface area contributed by atoms with E-state index in [1.807, 2.05) is 24.3 Å². The van der Waals surface area contributed by atoms with Crippen LogP contribution in [0.3, 0.4) is 0 Å². The largest absolute Gasteiger partial charge is 0.507 e. The third-order valence-electron chi connectivity index (χ3n) is 6.88. The highest BCUT2D eigenvalue weighted by Crippen LogP contribution is 2.38. The average molecular weight is 543 g/mol. The number of phenols is 1. The van der Waals surface area contributed by atoms with Gasteiger partial charge in [-0.3, -0.25) is 9.59 Å². The third-order valence-corrected chi connectivity index (χ3v) is 6.88.